The molecule has 0 amide bonds. The monoisotopic (exact) mass is 136 g/mol. The largest absolute Gasteiger partial charge is 0.400 e. The van der Waals surface area contributed by atoms with Gasteiger partial charge in [0.05, 0.1) is 0 Å². The molecule has 0 saturated carbocycles. The van der Waals surface area contributed by atoms with E-state index in [9.17, 15) is 0 Å². The Hall–Kier alpha value is -0.820. The second kappa shape index (κ2) is 2.43. The van der Waals surface area contributed by atoms with E-state index in [4.69, 9.17) is 5.11 Å². The third-order valence-electron chi connectivity index (χ3n) is 1.90. The normalized spacial score (nSPS) is 10.0. The zero-order chi connectivity index (χ0) is 7.72. The summed E-state index contributed by atoms with van der Waals surface area (Å²) in [6.07, 6.45) is 0. The first-order chi connectivity index (χ1) is 4.79. The average molecular weight is 136 g/mol. The highest BCUT2D eigenvalue weighted by Gasteiger charge is 2.16. The van der Waals surface area contributed by atoms with Gasteiger partial charge in [0.15, 0.2) is 0 Å². The van der Waals surface area contributed by atoms with Crippen molar-refractivity contribution in [2.45, 2.75) is 13.8 Å². The molecule has 0 bridgehead atoms. The van der Waals surface area contributed by atoms with Crippen molar-refractivity contribution in [1.29, 1.82) is 0 Å². The van der Waals surface area contributed by atoms with Crippen molar-refractivity contribution >= 4 is 0 Å². The predicted octanol–water partition coefficient (Wildman–Crippen LogP) is 1.89. The number of hydrogen-bond acceptors (Lipinski definition) is 1. The van der Waals surface area contributed by atoms with Gasteiger partial charge in [-0.15, -0.1) is 0 Å². The number of fused-ring (bicyclic) bond motifs is 1. The molecule has 0 saturated heterocycles. The standard InChI is InChI=1S/C8H8.CH4O/c1-5-3-7-4-8(7)6(5)2;1-2/h3-4H,1-2H3;2H,1H3. The maximum atomic E-state index is 7.00. The van der Waals surface area contributed by atoms with Gasteiger partial charge in [-0.1, -0.05) is 6.07 Å². The lowest BCUT2D eigenvalue weighted by Crippen LogP contribution is -1.65. The van der Waals surface area contributed by atoms with E-state index in [2.05, 4.69) is 26.0 Å². The van der Waals surface area contributed by atoms with E-state index in [0.717, 1.165) is 7.11 Å². The Balaban J connectivity index is 0.000000231. The first-order valence-corrected chi connectivity index (χ1v) is 3.35. The first kappa shape index (κ1) is 7.29. The van der Waals surface area contributed by atoms with Gasteiger partial charge in [0.25, 0.3) is 0 Å². The maximum absolute atomic E-state index is 7.00. The molecule has 1 heteroatoms. The number of aliphatic hydroxyl groups is 1. The molecule has 0 fully saturated rings. The minimum atomic E-state index is 1.00. The number of aryl methyl sites for hydroxylation is 1. The van der Waals surface area contributed by atoms with E-state index in [1.807, 2.05) is 0 Å². The van der Waals surface area contributed by atoms with Gasteiger partial charge in [0, 0.05) is 7.11 Å². The molecule has 0 unspecified atom stereocenters. The Morgan fingerprint density at radius 1 is 1.10 bits per heavy atom. The van der Waals surface area contributed by atoms with Crippen LogP contribution < -0.4 is 0 Å². The molecule has 0 heterocycles. The Morgan fingerprint density at radius 3 is 1.90 bits per heavy atom. The van der Waals surface area contributed by atoms with E-state index < -0.39 is 0 Å². The zero-order valence-corrected chi connectivity index (χ0v) is 6.60. The first-order valence-electron chi connectivity index (χ1n) is 3.35. The lowest BCUT2D eigenvalue weighted by Gasteiger charge is -1.83. The lowest BCUT2D eigenvalue weighted by atomic mass is 10.2. The molecule has 54 valence electrons. The summed E-state index contributed by atoms with van der Waals surface area (Å²) in [6.45, 7) is 4.34. The molecule has 0 aromatic heterocycles. The minimum absolute atomic E-state index is 1.00. The summed E-state index contributed by atoms with van der Waals surface area (Å²) < 4.78 is 0. The van der Waals surface area contributed by atoms with Crippen LogP contribution in [0.25, 0.3) is 11.1 Å². The molecule has 1 nitrogen and oxygen atoms in total. The summed E-state index contributed by atoms with van der Waals surface area (Å²) in [5, 5.41) is 7.00. The molecule has 0 radical (unpaired) electrons. The van der Waals surface area contributed by atoms with E-state index in [1.165, 1.54) is 22.3 Å². The minimum Gasteiger partial charge on any atom is -0.400 e. The fourth-order valence-corrected chi connectivity index (χ4v) is 1.12. The predicted molar refractivity (Wildman–Crippen MR) is 43.1 cm³/mol. The molecule has 10 heavy (non-hydrogen) atoms. The Bertz CT molecular complexity index is 251. The van der Waals surface area contributed by atoms with Crippen LogP contribution in [0.15, 0.2) is 12.1 Å². The highest BCUT2D eigenvalue weighted by molar-refractivity contribution is 5.86. The molecule has 1 N–H and O–H groups in total. The van der Waals surface area contributed by atoms with Gasteiger partial charge in [0.2, 0.25) is 0 Å². The van der Waals surface area contributed by atoms with Gasteiger partial charge in [-0.25, -0.2) is 0 Å². The van der Waals surface area contributed by atoms with Crippen molar-refractivity contribution in [3.63, 3.8) is 0 Å². The van der Waals surface area contributed by atoms with Crippen LogP contribution in [-0.4, -0.2) is 12.2 Å². The van der Waals surface area contributed by atoms with E-state index in [0.29, 0.717) is 0 Å². The average Bonchev–Trinajstić information content (AvgIpc) is 2.65. The Labute approximate surface area is 61.3 Å². The summed E-state index contributed by atoms with van der Waals surface area (Å²) in [5.74, 6) is 0. The van der Waals surface area contributed by atoms with Gasteiger partial charge >= 0.3 is 0 Å². The topological polar surface area (TPSA) is 20.2 Å². The summed E-state index contributed by atoms with van der Waals surface area (Å²) in [4.78, 5) is 0. The van der Waals surface area contributed by atoms with E-state index >= 15 is 0 Å². The molecular weight excluding hydrogens is 124 g/mol. The second-order valence-corrected chi connectivity index (χ2v) is 2.47. The zero-order valence-electron chi connectivity index (χ0n) is 6.60. The molecule has 2 aliphatic rings. The van der Waals surface area contributed by atoms with Crippen LogP contribution >= 0.6 is 0 Å². The van der Waals surface area contributed by atoms with Crippen LogP contribution in [0.3, 0.4) is 0 Å². The van der Waals surface area contributed by atoms with Crippen LogP contribution in [0.2, 0.25) is 0 Å². The van der Waals surface area contributed by atoms with Crippen LogP contribution in [0.5, 0.6) is 0 Å². The van der Waals surface area contributed by atoms with Gasteiger partial charge in [-0.2, -0.15) is 0 Å². The fraction of sp³-hybridized carbons (Fsp3) is 0.333. The SMILES string of the molecule is CO.Cc1cc2cc-2c1C. The molecule has 0 aliphatic heterocycles. The summed E-state index contributed by atoms with van der Waals surface area (Å²) in [6, 6.07) is 4.47. The van der Waals surface area contributed by atoms with Crippen LogP contribution in [0.4, 0.5) is 0 Å². The molecule has 0 atom stereocenters. The third-order valence-corrected chi connectivity index (χ3v) is 1.90. The van der Waals surface area contributed by atoms with E-state index in [1.54, 1.807) is 0 Å². The highest BCUT2D eigenvalue weighted by atomic mass is 16.2. The summed E-state index contributed by atoms with van der Waals surface area (Å²) >= 11 is 0. The van der Waals surface area contributed by atoms with Crippen LogP contribution in [0, 0.1) is 13.8 Å². The van der Waals surface area contributed by atoms with Crippen LogP contribution in [0.1, 0.15) is 11.1 Å². The van der Waals surface area contributed by atoms with Crippen molar-refractivity contribution in [3.05, 3.63) is 23.3 Å². The van der Waals surface area contributed by atoms with Crippen LogP contribution in [-0.2, 0) is 0 Å². The molecule has 0 aromatic carbocycles. The van der Waals surface area contributed by atoms with E-state index in [-0.39, 0.29) is 0 Å². The molecule has 2 rings (SSSR count). The number of benzene rings is 1. The number of hydrogen-bond donors (Lipinski definition) is 1. The van der Waals surface area contributed by atoms with Gasteiger partial charge in [0.1, 0.15) is 0 Å². The third kappa shape index (κ3) is 0.929. The van der Waals surface area contributed by atoms with Gasteiger partial charge in [-0.3, -0.25) is 0 Å². The molecule has 0 spiro atoms. The summed E-state index contributed by atoms with van der Waals surface area (Å²) in [7, 11) is 1.00. The number of aliphatic hydroxyl groups excluding tert-OH is 1. The number of rotatable bonds is 0. The van der Waals surface area contributed by atoms with Crippen molar-refractivity contribution in [2.75, 3.05) is 7.11 Å². The van der Waals surface area contributed by atoms with Crippen molar-refractivity contribution in [2.24, 2.45) is 0 Å². The smallest absolute Gasteiger partial charge is 0.0319 e. The summed E-state index contributed by atoms with van der Waals surface area (Å²) in [5.41, 5.74) is 5.86. The maximum Gasteiger partial charge on any atom is 0.0319 e. The van der Waals surface area contributed by atoms with Crippen molar-refractivity contribution < 1.29 is 5.11 Å². The van der Waals surface area contributed by atoms with Crippen molar-refractivity contribution in [1.82, 2.24) is 0 Å². The molecular formula is C9H12O. The van der Waals surface area contributed by atoms with Gasteiger partial charge < -0.3 is 5.11 Å². The fourth-order valence-electron chi connectivity index (χ4n) is 1.12. The quantitative estimate of drug-likeness (QED) is 0.586. The molecule has 2 aliphatic carbocycles. The van der Waals surface area contributed by atoms with Crippen molar-refractivity contribution in [3.8, 4) is 11.1 Å². The molecule has 0 aromatic rings. The lowest BCUT2D eigenvalue weighted by molar-refractivity contribution is 0.399. The Kier molecular flexibility index (Phi) is 1.77. The second-order valence-electron chi connectivity index (χ2n) is 2.47. The Morgan fingerprint density at radius 2 is 1.70 bits per heavy atom. The van der Waals surface area contributed by atoms with Gasteiger partial charge in [-0.05, 0) is 42.2 Å². The highest BCUT2D eigenvalue weighted by Crippen LogP contribution is 2.40.